The molecule has 0 aliphatic carbocycles. The van der Waals surface area contributed by atoms with Gasteiger partial charge in [0.05, 0.1) is 42.4 Å². The third-order valence-electron chi connectivity index (χ3n) is 7.09. The van der Waals surface area contributed by atoms with E-state index < -0.39 is 0 Å². The summed E-state index contributed by atoms with van der Waals surface area (Å²) in [6, 6.07) is 14.7. The first-order valence-electron chi connectivity index (χ1n) is 13.0. The number of morpholine rings is 1. The average Bonchev–Trinajstić information content (AvgIpc) is 3.63. The second-order valence-corrected chi connectivity index (χ2v) is 9.56. The predicted molar refractivity (Wildman–Crippen MR) is 146 cm³/mol. The molecule has 2 aliphatic heterocycles. The lowest BCUT2D eigenvalue weighted by Gasteiger charge is -2.26. The number of anilines is 1. The van der Waals surface area contributed by atoms with Gasteiger partial charge in [-0.05, 0) is 54.8 Å². The Balaban J connectivity index is 1.21. The molecule has 3 heterocycles. The first-order valence-corrected chi connectivity index (χ1v) is 13.0. The molecule has 5 rings (SSSR count). The molecule has 1 atom stereocenters. The Hall–Kier alpha value is -4.00. The van der Waals surface area contributed by atoms with Crippen LogP contribution in [0.2, 0.25) is 0 Å². The third kappa shape index (κ3) is 6.10. The standard InChI is InChI=1S/C29H32FN7O/c30-24-4-1-3-22(18-24)27-5-2-11-37(27)28(32)8-9-29-34-20-26(35-29)21-6-7-25(23(17-21)19-31)33-10-12-36-13-15-38-16-14-36/h1,3-4,6-9,17-18,20,27,32-33H,2,5,10-16H2,(H,34,35)/b9-8-,32-28?. The number of hydrogen-bond donors (Lipinski definition) is 3. The number of H-pyrrole nitrogens is 1. The maximum Gasteiger partial charge on any atom is 0.130 e. The fourth-order valence-corrected chi connectivity index (χ4v) is 5.07. The molecular weight excluding hydrogens is 481 g/mol. The van der Waals surface area contributed by atoms with E-state index in [1.807, 2.05) is 29.2 Å². The number of aromatic amines is 1. The van der Waals surface area contributed by atoms with Crippen LogP contribution in [0.25, 0.3) is 17.3 Å². The van der Waals surface area contributed by atoms with Gasteiger partial charge in [0.2, 0.25) is 0 Å². The van der Waals surface area contributed by atoms with Gasteiger partial charge in [0, 0.05) is 38.3 Å². The number of hydrogen-bond acceptors (Lipinski definition) is 6. The van der Waals surface area contributed by atoms with Gasteiger partial charge in [0.25, 0.3) is 0 Å². The summed E-state index contributed by atoms with van der Waals surface area (Å²) in [5.74, 6) is 0.738. The van der Waals surface area contributed by atoms with Crippen LogP contribution in [0, 0.1) is 22.6 Å². The summed E-state index contributed by atoms with van der Waals surface area (Å²) < 4.78 is 19.1. The van der Waals surface area contributed by atoms with Crippen molar-refractivity contribution in [3.63, 3.8) is 0 Å². The smallest absolute Gasteiger partial charge is 0.130 e. The summed E-state index contributed by atoms with van der Waals surface area (Å²) in [7, 11) is 0. The van der Waals surface area contributed by atoms with Gasteiger partial charge >= 0.3 is 0 Å². The van der Waals surface area contributed by atoms with E-state index in [9.17, 15) is 9.65 Å². The lowest BCUT2D eigenvalue weighted by atomic mass is 10.0. The van der Waals surface area contributed by atoms with E-state index in [2.05, 4.69) is 26.3 Å². The van der Waals surface area contributed by atoms with Crippen LogP contribution in [0.4, 0.5) is 10.1 Å². The molecule has 2 aliphatic rings. The lowest BCUT2D eigenvalue weighted by molar-refractivity contribution is 0.0398. The van der Waals surface area contributed by atoms with Crippen molar-refractivity contribution in [2.75, 3.05) is 51.3 Å². The molecule has 3 aromatic rings. The van der Waals surface area contributed by atoms with Crippen molar-refractivity contribution in [2.45, 2.75) is 18.9 Å². The molecule has 38 heavy (non-hydrogen) atoms. The minimum absolute atomic E-state index is 0.000378. The Morgan fingerprint density at radius 3 is 2.92 bits per heavy atom. The molecule has 9 heteroatoms. The molecule has 2 aromatic carbocycles. The summed E-state index contributed by atoms with van der Waals surface area (Å²) in [5.41, 5.74) is 3.96. The normalized spacial score (nSPS) is 18.1. The fourth-order valence-electron chi connectivity index (χ4n) is 5.07. The molecule has 1 unspecified atom stereocenters. The number of imidazole rings is 1. The van der Waals surface area contributed by atoms with E-state index in [1.54, 1.807) is 30.5 Å². The Kier molecular flexibility index (Phi) is 8.12. The zero-order valence-corrected chi connectivity index (χ0v) is 21.3. The highest BCUT2D eigenvalue weighted by atomic mass is 19.1. The Morgan fingerprint density at radius 1 is 1.24 bits per heavy atom. The van der Waals surface area contributed by atoms with Crippen molar-refractivity contribution in [2.24, 2.45) is 0 Å². The maximum absolute atomic E-state index is 13.7. The van der Waals surface area contributed by atoms with E-state index in [0.717, 1.165) is 81.3 Å². The first kappa shape index (κ1) is 25.6. The lowest BCUT2D eigenvalue weighted by Crippen LogP contribution is -2.39. The summed E-state index contributed by atoms with van der Waals surface area (Å²) in [6.07, 6.45) is 7.09. The quantitative estimate of drug-likeness (QED) is 0.299. The number of aromatic nitrogens is 2. The second kappa shape index (κ2) is 12.0. The van der Waals surface area contributed by atoms with Gasteiger partial charge < -0.3 is 19.9 Å². The summed E-state index contributed by atoms with van der Waals surface area (Å²) >= 11 is 0. The molecule has 1 aromatic heterocycles. The van der Waals surface area contributed by atoms with Gasteiger partial charge in [0.1, 0.15) is 23.5 Å². The van der Waals surface area contributed by atoms with Gasteiger partial charge in [-0.25, -0.2) is 9.37 Å². The number of rotatable bonds is 8. The number of nitriles is 1. The number of amidine groups is 1. The van der Waals surface area contributed by atoms with Crippen LogP contribution in [0.1, 0.15) is 35.8 Å². The number of nitrogens with zero attached hydrogens (tertiary/aromatic N) is 4. The van der Waals surface area contributed by atoms with Crippen LogP contribution in [0.15, 0.2) is 54.7 Å². The Morgan fingerprint density at radius 2 is 2.11 bits per heavy atom. The molecule has 0 radical (unpaired) electrons. The largest absolute Gasteiger partial charge is 0.383 e. The number of likely N-dealkylation sites (tertiary alicyclic amines) is 1. The number of benzene rings is 2. The van der Waals surface area contributed by atoms with Gasteiger partial charge in [0.15, 0.2) is 0 Å². The van der Waals surface area contributed by atoms with Crippen molar-refractivity contribution in [3.05, 3.63) is 77.5 Å². The SMILES string of the molecule is N#Cc1cc(-c2cnc(/C=C\C(=N)N3CCCC3c3cccc(F)c3)[nH]2)ccc1NCCN1CCOCC1. The zero-order chi connectivity index (χ0) is 26.3. The third-order valence-corrected chi connectivity index (χ3v) is 7.09. The van der Waals surface area contributed by atoms with Gasteiger partial charge in [-0.15, -0.1) is 0 Å². The van der Waals surface area contributed by atoms with Crippen LogP contribution in [0.5, 0.6) is 0 Å². The highest BCUT2D eigenvalue weighted by molar-refractivity contribution is 5.94. The van der Waals surface area contributed by atoms with E-state index in [4.69, 9.17) is 10.1 Å². The number of halogens is 1. The molecule has 2 saturated heterocycles. The highest BCUT2D eigenvalue weighted by Gasteiger charge is 2.27. The number of ether oxygens (including phenoxy) is 1. The Labute approximate surface area is 222 Å². The van der Waals surface area contributed by atoms with Crippen LogP contribution >= 0.6 is 0 Å². The fraction of sp³-hybridized carbons (Fsp3) is 0.345. The Bertz CT molecular complexity index is 1340. The first-order chi connectivity index (χ1) is 18.6. The van der Waals surface area contributed by atoms with Crippen molar-refractivity contribution >= 4 is 17.6 Å². The summed E-state index contributed by atoms with van der Waals surface area (Å²) in [4.78, 5) is 12.1. The predicted octanol–water partition coefficient (Wildman–Crippen LogP) is 4.66. The molecule has 0 saturated carbocycles. The van der Waals surface area contributed by atoms with Gasteiger partial charge in [-0.1, -0.05) is 18.2 Å². The maximum atomic E-state index is 13.7. The van der Waals surface area contributed by atoms with Gasteiger partial charge in [-0.2, -0.15) is 5.26 Å². The second-order valence-electron chi connectivity index (χ2n) is 9.56. The van der Waals surface area contributed by atoms with Gasteiger partial charge in [-0.3, -0.25) is 10.3 Å². The zero-order valence-electron chi connectivity index (χ0n) is 21.3. The topological polar surface area (TPSA) is 104 Å². The van der Waals surface area contributed by atoms with Crippen molar-refractivity contribution < 1.29 is 9.13 Å². The molecule has 0 bridgehead atoms. The van der Waals surface area contributed by atoms with Crippen molar-refractivity contribution in [1.29, 1.82) is 10.7 Å². The van der Waals surface area contributed by atoms with E-state index in [1.165, 1.54) is 6.07 Å². The molecule has 196 valence electrons. The molecule has 2 fully saturated rings. The van der Waals surface area contributed by atoms with E-state index in [-0.39, 0.29) is 11.9 Å². The monoisotopic (exact) mass is 513 g/mol. The van der Waals surface area contributed by atoms with Crippen molar-refractivity contribution in [1.82, 2.24) is 19.8 Å². The minimum atomic E-state index is -0.254. The van der Waals surface area contributed by atoms with E-state index in [0.29, 0.717) is 17.2 Å². The van der Waals surface area contributed by atoms with E-state index >= 15 is 0 Å². The summed E-state index contributed by atoms with van der Waals surface area (Å²) in [5, 5.41) is 21.7. The van der Waals surface area contributed by atoms with Crippen LogP contribution < -0.4 is 5.32 Å². The molecule has 3 N–H and O–H groups in total. The minimum Gasteiger partial charge on any atom is -0.383 e. The molecule has 0 spiro atoms. The number of nitrogens with one attached hydrogen (secondary N) is 3. The average molecular weight is 514 g/mol. The highest BCUT2D eigenvalue weighted by Crippen LogP contribution is 2.32. The molecular formula is C29H32FN7O. The van der Waals surface area contributed by atoms with Crippen molar-refractivity contribution in [3.8, 4) is 17.3 Å². The van der Waals surface area contributed by atoms with Crippen LogP contribution in [0.3, 0.4) is 0 Å². The summed E-state index contributed by atoms with van der Waals surface area (Å²) in [6.45, 7) is 5.85. The van der Waals surface area contributed by atoms with Crippen LogP contribution in [-0.2, 0) is 4.74 Å². The molecule has 0 amide bonds. The van der Waals surface area contributed by atoms with Crippen LogP contribution in [-0.4, -0.2) is 71.5 Å². The molecule has 8 nitrogen and oxygen atoms in total.